The summed E-state index contributed by atoms with van der Waals surface area (Å²) in [6, 6.07) is 26.7. The Morgan fingerprint density at radius 1 is 0.750 bits per heavy atom. The fraction of sp³-hybridized carbons (Fsp3) is 0.143. The first-order valence-electron chi connectivity index (χ1n) is 11.0. The third kappa shape index (κ3) is 9.96. The maximum atomic E-state index is 13.9. The van der Waals surface area contributed by atoms with Crippen LogP contribution in [0.1, 0.15) is 31.0 Å². The minimum Gasteiger partial charge on any atom is -0.395 e. The number of benzene rings is 4. The van der Waals surface area contributed by atoms with Crippen molar-refractivity contribution >= 4 is 75.1 Å². The van der Waals surface area contributed by atoms with Crippen LogP contribution < -0.4 is 11.1 Å². The molecule has 0 aliphatic heterocycles. The van der Waals surface area contributed by atoms with Crippen molar-refractivity contribution in [3.05, 3.63) is 126 Å². The summed E-state index contributed by atoms with van der Waals surface area (Å²) in [4.78, 5) is 0. The quantitative estimate of drug-likeness (QED) is 0.204. The summed E-state index contributed by atoms with van der Waals surface area (Å²) < 4.78 is 29.2. The fourth-order valence-electron chi connectivity index (χ4n) is 2.99. The molecule has 0 amide bonds. The third-order valence-corrected chi connectivity index (χ3v) is 7.16. The highest BCUT2D eigenvalue weighted by atomic mass is 79.9. The van der Waals surface area contributed by atoms with Gasteiger partial charge in [-0.25, -0.2) is 8.78 Å². The van der Waals surface area contributed by atoms with E-state index in [1.807, 2.05) is 49.4 Å². The van der Waals surface area contributed by atoms with Crippen molar-refractivity contribution in [3.8, 4) is 0 Å². The van der Waals surface area contributed by atoms with Crippen molar-refractivity contribution in [2.45, 2.75) is 26.3 Å². The van der Waals surface area contributed by atoms with Crippen LogP contribution in [-0.2, 0) is 6.42 Å². The molecule has 0 saturated carbocycles. The number of halogens is 6. The third-order valence-electron chi connectivity index (χ3n) is 4.96. The Balaban J connectivity index is 0.000000213. The number of aryl methyl sites for hydroxylation is 1. The topological polar surface area (TPSA) is 38.0 Å². The van der Waals surface area contributed by atoms with Crippen LogP contribution in [0.25, 0.3) is 0 Å². The van der Waals surface area contributed by atoms with E-state index in [0.29, 0.717) is 23.6 Å². The van der Waals surface area contributed by atoms with Crippen LogP contribution in [0.2, 0.25) is 0 Å². The van der Waals surface area contributed by atoms with E-state index in [-0.39, 0.29) is 17.5 Å². The summed E-state index contributed by atoms with van der Waals surface area (Å²) in [5.41, 5.74) is 8.46. The first-order valence-corrected chi connectivity index (χ1v) is 14.2. The molecule has 190 valence electrons. The van der Waals surface area contributed by atoms with Gasteiger partial charge in [0.2, 0.25) is 0 Å². The molecule has 0 saturated heterocycles. The smallest absolute Gasteiger partial charge is 0.148 e. The second-order valence-corrected chi connectivity index (χ2v) is 11.2. The minimum absolute atomic E-state index is 0.0400. The van der Waals surface area contributed by atoms with Crippen molar-refractivity contribution < 1.29 is 8.78 Å². The average Bonchev–Trinajstić information content (AvgIpc) is 2.86. The van der Waals surface area contributed by atoms with E-state index >= 15 is 0 Å². The van der Waals surface area contributed by atoms with Crippen molar-refractivity contribution in [2.24, 2.45) is 0 Å². The zero-order chi connectivity index (χ0) is 26.7. The van der Waals surface area contributed by atoms with Crippen LogP contribution >= 0.6 is 63.7 Å². The Kier molecular flexibility index (Phi) is 13.1. The summed E-state index contributed by atoms with van der Waals surface area (Å²) in [6.45, 7) is 4.17. The molecule has 0 radical (unpaired) electrons. The van der Waals surface area contributed by atoms with Gasteiger partial charge in [0.25, 0.3) is 0 Å². The van der Waals surface area contributed by atoms with E-state index < -0.39 is 5.82 Å². The molecule has 1 unspecified atom stereocenters. The van der Waals surface area contributed by atoms with Gasteiger partial charge in [-0.2, -0.15) is 0 Å². The van der Waals surface area contributed by atoms with Gasteiger partial charge in [-0.05, 0) is 80.6 Å². The van der Waals surface area contributed by atoms with E-state index in [2.05, 4.69) is 100 Å². The van der Waals surface area contributed by atoms with Crippen molar-refractivity contribution in [2.75, 3.05) is 11.1 Å². The predicted octanol–water partition coefficient (Wildman–Crippen LogP) is 10.7. The zero-order valence-corrected chi connectivity index (χ0v) is 26.1. The Bertz CT molecular complexity index is 1190. The van der Waals surface area contributed by atoms with Gasteiger partial charge >= 0.3 is 0 Å². The SMILES string of the molecule is CC(Nc1c(F)cc(Br)cc1Br)c1ccccc1.CCc1ccccc1.Nc1c(F)cc(Br)cc1Br. The summed E-state index contributed by atoms with van der Waals surface area (Å²) in [5.74, 6) is -0.694. The van der Waals surface area contributed by atoms with Crippen LogP contribution in [-0.4, -0.2) is 0 Å². The molecule has 3 N–H and O–H groups in total. The van der Waals surface area contributed by atoms with Gasteiger partial charge in [0, 0.05) is 23.9 Å². The number of anilines is 2. The highest BCUT2D eigenvalue weighted by molar-refractivity contribution is 9.11. The summed E-state index contributed by atoms with van der Waals surface area (Å²) in [7, 11) is 0. The van der Waals surface area contributed by atoms with E-state index in [1.165, 1.54) is 17.7 Å². The van der Waals surface area contributed by atoms with Gasteiger partial charge in [-0.1, -0.05) is 99.4 Å². The van der Waals surface area contributed by atoms with E-state index in [4.69, 9.17) is 5.73 Å². The van der Waals surface area contributed by atoms with Crippen molar-refractivity contribution in [1.29, 1.82) is 0 Å². The Morgan fingerprint density at radius 3 is 1.72 bits per heavy atom. The van der Waals surface area contributed by atoms with Gasteiger partial charge in [0.05, 0.1) is 11.4 Å². The number of hydrogen-bond acceptors (Lipinski definition) is 2. The van der Waals surface area contributed by atoms with Crippen LogP contribution in [0, 0.1) is 11.6 Å². The van der Waals surface area contributed by atoms with E-state index in [0.717, 1.165) is 12.0 Å². The average molecular weight is 748 g/mol. The van der Waals surface area contributed by atoms with Gasteiger partial charge in [0.15, 0.2) is 0 Å². The molecule has 4 rings (SSSR count). The van der Waals surface area contributed by atoms with Gasteiger partial charge in [-0.3, -0.25) is 0 Å². The number of nitrogens with two attached hydrogens (primary N) is 1. The fourth-order valence-corrected chi connectivity index (χ4v) is 5.45. The molecule has 0 bridgehead atoms. The van der Waals surface area contributed by atoms with Gasteiger partial charge in [-0.15, -0.1) is 0 Å². The molecule has 2 nitrogen and oxygen atoms in total. The van der Waals surface area contributed by atoms with Crippen LogP contribution in [0.5, 0.6) is 0 Å². The maximum Gasteiger partial charge on any atom is 0.148 e. The lowest BCUT2D eigenvalue weighted by Crippen LogP contribution is -2.08. The molecular formula is C28H26Br4F2N2. The Labute approximate surface area is 245 Å². The van der Waals surface area contributed by atoms with Crippen LogP contribution in [0.15, 0.2) is 103 Å². The largest absolute Gasteiger partial charge is 0.395 e. The molecule has 4 aromatic rings. The molecule has 0 heterocycles. The molecule has 0 aromatic heterocycles. The van der Waals surface area contributed by atoms with Gasteiger partial charge < -0.3 is 11.1 Å². The molecule has 0 spiro atoms. The molecule has 4 aromatic carbocycles. The summed E-state index contributed by atoms with van der Waals surface area (Å²) in [5, 5.41) is 3.18. The highest BCUT2D eigenvalue weighted by Crippen LogP contribution is 2.32. The van der Waals surface area contributed by atoms with Crippen LogP contribution in [0.4, 0.5) is 20.2 Å². The summed E-state index contributed by atoms with van der Waals surface area (Å²) >= 11 is 12.9. The number of nitrogens with one attached hydrogen (secondary N) is 1. The molecular weight excluding hydrogens is 722 g/mol. The predicted molar refractivity (Wildman–Crippen MR) is 162 cm³/mol. The second-order valence-electron chi connectivity index (χ2n) is 7.64. The molecule has 0 fully saturated rings. The van der Waals surface area contributed by atoms with Crippen molar-refractivity contribution in [1.82, 2.24) is 0 Å². The maximum absolute atomic E-state index is 13.9. The molecule has 0 aliphatic rings. The minimum atomic E-state index is -0.416. The van der Waals surface area contributed by atoms with E-state index in [1.54, 1.807) is 6.07 Å². The van der Waals surface area contributed by atoms with Crippen molar-refractivity contribution in [3.63, 3.8) is 0 Å². The highest BCUT2D eigenvalue weighted by Gasteiger charge is 2.12. The standard InChI is InChI=1S/C14H12Br2FN.C8H10.C6H4Br2FN/c1-9(10-5-3-2-4-6-10)18-14-12(16)7-11(15)8-13(14)17;1-2-8-6-4-3-5-7-8;7-3-1-4(8)6(10)5(9)2-3/h2-9,18H,1H3;3-7H,2H2,1H3;1-2H,10H2. The molecule has 36 heavy (non-hydrogen) atoms. The lowest BCUT2D eigenvalue weighted by Gasteiger charge is -2.17. The van der Waals surface area contributed by atoms with Crippen LogP contribution in [0.3, 0.4) is 0 Å². The molecule has 8 heteroatoms. The number of rotatable bonds is 4. The Hall–Kier alpha value is -1.74. The lowest BCUT2D eigenvalue weighted by atomic mass is 10.1. The summed E-state index contributed by atoms with van der Waals surface area (Å²) in [6.07, 6.45) is 1.14. The van der Waals surface area contributed by atoms with E-state index in [9.17, 15) is 8.78 Å². The first kappa shape index (κ1) is 30.5. The molecule has 1 atom stereocenters. The number of nitrogen functional groups attached to an aromatic ring is 1. The first-order chi connectivity index (χ1) is 17.1. The monoisotopic (exact) mass is 744 g/mol. The lowest BCUT2D eigenvalue weighted by molar-refractivity contribution is 0.625. The molecule has 0 aliphatic carbocycles. The second kappa shape index (κ2) is 15.5. The number of hydrogen-bond donors (Lipinski definition) is 2. The normalized spacial score (nSPS) is 10.9. The zero-order valence-electron chi connectivity index (χ0n) is 19.7. The Morgan fingerprint density at radius 2 is 1.25 bits per heavy atom. The van der Waals surface area contributed by atoms with Gasteiger partial charge in [0.1, 0.15) is 11.6 Å².